The van der Waals surface area contributed by atoms with Crippen molar-refractivity contribution in [1.82, 2.24) is 4.98 Å². The van der Waals surface area contributed by atoms with Gasteiger partial charge in [0.15, 0.2) is 0 Å². The molecule has 0 bridgehead atoms. The van der Waals surface area contributed by atoms with Crippen LogP contribution in [0.3, 0.4) is 0 Å². The zero-order chi connectivity index (χ0) is 13.0. The van der Waals surface area contributed by atoms with Gasteiger partial charge in [0.1, 0.15) is 17.9 Å². The van der Waals surface area contributed by atoms with E-state index in [9.17, 15) is 4.79 Å². The van der Waals surface area contributed by atoms with Gasteiger partial charge in [0, 0.05) is 17.7 Å². The molecule has 0 unspecified atom stereocenters. The van der Waals surface area contributed by atoms with E-state index < -0.39 is 5.97 Å². The number of benzene rings is 1. The molecule has 92 valence electrons. The molecule has 0 saturated carbocycles. The van der Waals surface area contributed by atoms with Gasteiger partial charge in [0.25, 0.3) is 0 Å². The molecule has 1 aromatic heterocycles. The van der Waals surface area contributed by atoms with E-state index in [1.807, 2.05) is 6.07 Å². The Balaban J connectivity index is 2.24. The Labute approximate surface area is 108 Å². The smallest absolute Gasteiger partial charge is 0.328 e. The fourth-order valence-corrected chi connectivity index (χ4v) is 1.73. The van der Waals surface area contributed by atoms with Gasteiger partial charge in [-0.3, -0.25) is 4.98 Å². The normalized spacial score (nSPS) is 10.9. The minimum absolute atomic E-state index is 0.166. The second kappa shape index (κ2) is 5.51. The van der Waals surface area contributed by atoms with Crippen LogP contribution in [0.1, 0.15) is 0 Å². The molecule has 0 aliphatic carbocycles. The van der Waals surface area contributed by atoms with Gasteiger partial charge in [0.05, 0.1) is 5.02 Å². The summed E-state index contributed by atoms with van der Waals surface area (Å²) in [6.45, 7) is 0.166. The molecule has 1 heterocycles. The summed E-state index contributed by atoms with van der Waals surface area (Å²) in [6.07, 6.45) is 4.11. The van der Waals surface area contributed by atoms with Gasteiger partial charge in [-0.15, -0.1) is 0 Å². The zero-order valence-electron chi connectivity index (χ0n) is 9.34. The Hall–Kier alpha value is -2.07. The Kier molecular flexibility index (Phi) is 3.79. The van der Waals surface area contributed by atoms with Crippen LogP contribution in [-0.2, 0) is 4.79 Å². The van der Waals surface area contributed by atoms with E-state index in [0.29, 0.717) is 16.3 Å². The number of hydrogen-bond donors (Lipinski definition) is 1. The summed E-state index contributed by atoms with van der Waals surface area (Å²) in [5.41, 5.74) is 0.661. The number of aromatic nitrogens is 1. The number of carboxylic acids is 1. The number of carbonyl (C=O) groups is 1. The number of pyridine rings is 1. The first-order valence-electron chi connectivity index (χ1n) is 5.24. The predicted molar refractivity (Wildman–Crippen MR) is 69.0 cm³/mol. The molecule has 4 nitrogen and oxygen atoms in total. The Morgan fingerprint density at radius 1 is 1.44 bits per heavy atom. The Morgan fingerprint density at radius 3 is 3.06 bits per heavy atom. The van der Waals surface area contributed by atoms with Crippen molar-refractivity contribution in [1.29, 1.82) is 0 Å². The largest absolute Gasteiger partial charge is 0.487 e. The number of fused-ring (bicyclic) bond motifs is 1. The average Bonchev–Trinajstić information content (AvgIpc) is 2.37. The molecule has 0 amide bonds. The predicted octanol–water partition coefficient (Wildman–Crippen LogP) is 2.91. The van der Waals surface area contributed by atoms with Gasteiger partial charge in [-0.25, -0.2) is 4.79 Å². The van der Waals surface area contributed by atoms with Crippen molar-refractivity contribution in [3.05, 3.63) is 47.6 Å². The highest BCUT2D eigenvalue weighted by Crippen LogP contribution is 2.29. The lowest BCUT2D eigenvalue weighted by atomic mass is 10.2. The van der Waals surface area contributed by atoms with Gasteiger partial charge in [-0.05, 0) is 30.3 Å². The SMILES string of the molecule is O=C(O)C=CCOc1ccc(Cl)c2cccnc12. The third-order valence-corrected chi connectivity index (χ3v) is 2.60. The summed E-state index contributed by atoms with van der Waals surface area (Å²) in [7, 11) is 0. The molecule has 0 radical (unpaired) electrons. The summed E-state index contributed by atoms with van der Waals surface area (Å²) in [6, 6.07) is 7.08. The quantitative estimate of drug-likeness (QED) is 0.862. The van der Waals surface area contributed by atoms with Gasteiger partial charge in [-0.1, -0.05) is 11.6 Å². The van der Waals surface area contributed by atoms with Crippen LogP contribution in [0.4, 0.5) is 0 Å². The van der Waals surface area contributed by atoms with Crippen molar-refractivity contribution < 1.29 is 14.6 Å². The van der Waals surface area contributed by atoms with Crippen LogP contribution < -0.4 is 4.74 Å². The minimum atomic E-state index is -1.00. The number of hydrogen-bond acceptors (Lipinski definition) is 3. The molecule has 2 aromatic rings. The van der Waals surface area contributed by atoms with E-state index in [1.165, 1.54) is 6.08 Å². The molecule has 1 aromatic carbocycles. The van der Waals surface area contributed by atoms with Crippen molar-refractivity contribution >= 4 is 28.5 Å². The maximum atomic E-state index is 10.3. The molecule has 0 spiro atoms. The van der Waals surface area contributed by atoms with Gasteiger partial charge in [-0.2, -0.15) is 0 Å². The van der Waals surface area contributed by atoms with Gasteiger partial charge >= 0.3 is 5.97 Å². The maximum Gasteiger partial charge on any atom is 0.328 e. The summed E-state index contributed by atoms with van der Waals surface area (Å²) < 4.78 is 5.45. The number of ether oxygens (including phenoxy) is 1. The minimum Gasteiger partial charge on any atom is -0.487 e. The highest BCUT2D eigenvalue weighted by Gasteiger charge is 2.05. The van der Waals surface area contributed by atoms with Crippen LogP contribution in [0, 0.1) is 0 Å². The number of carboxylic acid groups (broad SMARTS) is 1. The van der Waals surface area contributed by atoms with Gasteiger partial charge in [0.2, 0.25) is 0 Å². The van der Waals surface area contributed by atoms with Crippen LogP contribution in [-0.4, -0.2) is 22.7 Å². The molecule has 0 aliphatic rings. The highest BCUT2D eigenvalue weighted by atomic mass is 35.5. The van der Waals surface area contributed by atoms with Crippen LogP contribution in [0.5, 0.6) is 5.75 Å². The second-order valence-corrected chi connectivity index (χ2v) is 3.90. The molecule has 18 heavy (non-hydrogen) atoms. The molecule has 1 N–H and O–H groups in total. The van der Waals surface area contributed by atoms with E-state index in [1.54, 1.807) is 24.4 Å². The maximum absolute atomic E-state index is 10.3. The molecule has 0 atom stereocenters. The number of nitrogens with zero attached hydrogens (tertiary/aromatic N) is 1. The molecular formula is C13H10ClNO3. The second-order valence-electron chi connectivity index (χ2n) is 3.50. The Bertz CT molecular complexity index is 610. The lowest BCUT2D eigenvalue weighted by molar-refractivity contribution is -0.131. The van der Waals surface area contributed by atoms with Crippen molar-refractivity contribution in [3.63, 3.8) is 0 Å². The van der Waals surface area contributed by atoms with Crippen molar-refractivity contribution in [2.45, 2.75) is 0 Å². The van der Waals surface area contributed by atoms with E-state index in [0.717, 1.165) is 11.5 Å². The van der Waals surface area contributed by atoms with Crippen molar-refractivity contribution in [2.75, 3.05) is 6.61 Å². The zero-order valence-corrected chi connectivity index (χ0v) is 10.1. The average molecular weight is 264 g/mol. The van der Waals surface area contributed by atoms with Gasteiger partial charge < -0.3 is 9.84 Å². The van der Waals surface area contributed by atoms with Crippen LogP contribution in [0.15, 0.2) is 42.6 Å². The lowest BCUT2D eigenvalue weighted by Crippen LogP contribution is -1.97. The van der Waals surface area contributed by atoms with Crippen LogP contribution in [0.25, 0.3) is 10.9 Å². The third-order valence-electron chi connectivity index (χ3n) is 2.27. The van der Waals surface area contributed by atoms with Crippen LogP contribution >= 0.6 is 11.6 Å². The molecule has 2 rings (SSSR count). The summed E-state index contributed by atoms with van der Waals surface area (Å²) in [5.74, 6) is -0.428. The molecule has 0 fully saturated rings. The molecular weight excluding hydrogens is 254 g/mol. The van der Waals surface area contributed by atoms with Crippen LogP contribution in [0.2, 0.25) is 5.02 Å². The fraction of sp³-hybridized carbons (Fsp3) is 0.0769. The first-order valence-corrected chi connectivity index (χ1v) is 5.62. The lowest BCUT2D eigenvalue weighted by Gasteiger charge is -2.07. The van der Waals surface area contributed by atoms with E-state index in [4.69, 9.17) is 21.4 Å². The topological polar surface area (TPSA) is 59.4 Å². The third kappa shape index (κ3) is 2.78. The molecule has 5 heteroatoms. The first-order chi connectivity index (χ1) is 8.68. The number of aliphatic carboxylic acids is 1. The van der Waals surface area contributed by atoms with E-state index in [2.05, 4.69) is 4.98 Å². The fourth-order valence-electron chi connectivity index (χ4n) is 1.52. The Morgan fingerprint density at radius 2 is 2.28 bits per heavy atom. The van der Waals surface area contributed by atoms with E-state index in [-0.39, 0.29) is 6.61 Å². The molecule has 0 aliphatic heterocycles. The monoisotopic (exact) mass is 263 g/mol. The summed E-state index contributed by atoms with van der Waals surface area (Å²) >= 11 is 6.04. The highest BCUT2D eigenvalue weighted by molar-refractivity contribution is 6.35. The van der Waals surface area contributed by atoms with Crippen molar-refractivity contribution in [2.24, 2.45) is 0 Å². The summed E-state index contributed by atoms with van der Waals surface area (Å²) in [5, 5.41) is 9.85. The number of halogens is 1. The number of rotatable bonds is 4. The first kappa shape index (κ1) is 12.4. The summed E-state index contributed by atoms with van der Waals surface area (Å²) in [4.78, 5) is 14.5. The van der Waals surface area contributed by atoms with Crippen molar-refractivity contribution in [3.8, 4) is 5.75 Å². The molecule has 0 saturated heterocycles. The van der Waals surface area contributed by atoms with E-state index >= 15 is 0 Å². The standard InChI is InChI=1S/C13H10ClNO3/c14-10-5-6-11(18-8-2-4-12(16)17)13-9(10)3-1-7-15-13/h1-7H,8H2,(H,16,17).